The van der Waals surface area contributed by atoms with Crippen molar-refractivity contribution in [1.82, 2.24) is 5.32 Å². The largest absolute Gasteiger partial charge is 0.376 e. The van der Waals surface area contributed by atoms with Gasteiger partial charge in [0, 0.05) is 44.4 Å². The lowest BCUT2D eigenvalue weighted by Crippen LogP contribution is -2.37. The number of nitrogens with one attached hydrogen (secondary N) is 2. The maximum absolute atomic E-state index is 12.3. The summed E-state index contributed by atoms with van der Waals surface area (Å²) in [4.78, 5) is 37.4. The molecule has 1 aromatic rings. The van der Waals surface area contributed by atoms with Gasteiger partial charge >= 0.3 is 0 Å². The van der Waals surface area contributed by atoms with E-state index in [0.717, 1.165) is 19.4 Å². The van der Waals surface area contributed by atoms with Gasteiger partial charge in [0.25, 0.3) is 0 Å². The molecule has 2 aliphatic rings. The minimum Gasteiger partial charge on any atom is -0.376 e. The molecule has 2 aliphatic heterocycles. The van der Waals surface area contributed by atoms with E-state index in [1.807, 2.05) is 0 Å². The van der Waals surface area contributed by atoms with Crippen molar-refractivity contribution in [2.75, 3.05) is 29.9 Å². The van der Waals surface area contributed by atoms with Gasteiger partial charge in [0.1, 0.15) is 0 Å². The summed E-state index contributed by atoms with van der Waals surface area (Å²) in [6.07, 6.45) is 2.28. The quantitative estimate of drug-likeness (QED) is 0.842. The minimum absolute atomic E-state index is 0.0859. The maximum atomic E-state index is 12.3. The Morgan fingerprint density at radius 1 is 1.36 bits per heavy atom. The molecule has 0 bridgehead atoms. The zero-order valence-electron chi connectivity index (χ0n) is 14.3. The smallest absolute Gasteiger partial charge is 0.227 e. The second-order valence-electron chi connectivity index (χ2n) is 6.52. The van der Waals surface area contributed by atoms with E-state index in [2.05, 4.69) is 10.6 Å². The highest BCUT2D eigenvalue weighted by atomic mass is 16.5. The zero-order valence-corrected chi connectivity index (χ0v) is 14.3. The van der Waals surface area contributed by atoms with Crippen LogP contribution < -0.4 is 15.5 Å². The summed E-state index contributed by atoms with van der Waals surface area (Å²) >= 11 is 0. The number of benzene rings is 1. The Labute approximate surface area is 146 Å². The monoisotopic (exact) mass is 345 g/mol. The molecular formula is C18H23N3O4. The molecule has 2 N–H and O–H groups in total. The normalized spacial score (nSPS) is 22.9. The maximum Gasteiger partial charge on any atom is 0.227 e. The van der Waals surface area contributed by atoms with Crippen LogP contribution in [0.15, 0.2) is 24.3 Å². The summed E-state index contributed by atoms with van der Waals surface area (Å²) in [6.45, 7) is 3.03. The summed E-state index contributed by atoms with van der Waals surface area (Å²) in [6, 6.07) is 7.08. The topological polar surface area (TPSA) is 87.7 Å². The van der Waals surface area contributed by atoms with Gasteiger partial charge in [0.05, 0.1) is 12.0 Å². The number of hydrogen-bond acceptors (Lipinski definition) is 4. The fourth-order valence-electron chi connectivity index (χ4n) is 3.25. The molecule has 7 heteroatoms. The molecule has 3 amide bonds. The highest BCUT2D eigenvalue weighted by molar-refractivity contribution is 6.01. The van der Waals surface area contributed by atoms with Crippen LogP contribution in [0.2, 0.25) is 0 Å². The number of amides is 3. The molecule has 7 nitrogen and oxygen atoms in total. The van der Waals surface area contributed by atoms with Crippen molar-refractivity contribution in [1.29, 1.82) is 0 Å². The van der Waals surface area contributed by atoms with Crippen molar-refractivity contribution >= 4 is 29.1 Å². The van der Waals surface area contributed by atoms with E-state index in [1.165, 1.54) is 6.92 Å². The Morgan fingerprint density at radius 2 is 2.20 bits per heavy atom. The fraction of sp³-hybridized carbons (Fsp3) is 0.500. The van der Waals surface area contributed by atoms with Crippen LogP contribution in [0.4, 0.5) is 11.4 Å². The average Bonchev–Trinajstić information content (AvgIpc) is 3.21. The van der Waals surface area contributed by atoms with Crippen LogP contribution in [0, 0.1) is 5.92 Å². The molecule has 0 radical (unpaired) electrons. The number of carbonyl (C=O) groups is 3. The first-order chi connectivity index (χ1) is 12.0. The van der Waals surface area contributed by atoms with Crippen molar-refractivity contribution in [3.8, 4) is 0 Å². The lowest BCUT2D eigenvalue weighted by atomic mass is 10.1. The molecule has 0 aliphatic carbocycles. The molecule has 0 spiro atoms. The van der Waals surface area contributed by atoms with Gasteiger partial charge in [0.15, 0.2) is 0 Å². The van der Waals surface area contributed by atoms with Crippen LogP contribution in [-0.2, 0) is 19.1 Å². The standard InChI is InChI=1S/C18H23N3O4/c1-12(22)20-14-4-2-5-15(9-14)21-11-13(8-17(21)23)18(24)19-10-16-6-3-7-25-16/h2,4-5,9,13,16H,3,6-8,10-11H2,1H3,(H,19,24)(H,20,22). The van der Waals surface area contributed by atoms with Gasteiger partial charge < -0.3 is 20.3 Å². The molecule has 0 aromatic heterocycles. The summed E-state index contributed by atoms with van der Waals surface area (Å²) in [5.41, 5.74) is 1.31. The van der Waals surface area contributed by atoms with Crippen molar-refractivity contribution < 1.29 is 19.1 Å². The van der Waals surface area contributed by atoms with Crippen LogP contribution in [0.1, 0.15) is 26.2 Å². The van der Waals surface area contributed by atoms with E-state index < -0.39 is 0 Å². The summed E-state index contributed by atoms with van der Waals surface area (Å²) in [5.74, 6) is -0.726. The molecule has 2 fully saturated rings. The molecule has 2 heterocycles. The molecule has 134 valence electrons. The second-order valence-corrected chi connectivity index (χ2v) is 6.52. The molecule has 3 rings (SSSR count). The fourth-order valence-corrected chi connectivity index (χ4v) is 3.25. The Kier molecular flexibility index (Phi) is 5.33. The molecule has 25 heavy (non-hydrogen) atoms. The van der Waals surface area contributed by atoms with E-state index in [-0.39, 0.29) is 36.2 Å². The first-order valence-electron chi connectivity index (χ1n) is 8.60. The third kappa shape index (κ3) is 4.36. The lowest BCUT2D eigenvalue weighted by Gasteiger charge is -2.18. The average molecular weight is 345 g/mol. The molecule has 0 saturated carbocycles. The van der Waals surface area contributed by atoms with E-state index in [0.29, 0.717) is 24.5 Å². The van der Waals surface area contributed by atoms with Gasteiger partial charge in [-0.25, -0.2) is 0 Å². The molecule has 2 atom stereocenters. The Bertz CT molecular complexity index is 670. The number of anilines is 2. The molecule has 2 unspecified atom stereocenters. The van der Waals surface area contributed by atoms with E-state index in [4.69, 9.17) is 4.74 Å². The van der Waals surface area contributed by atoms with Crippen molar-refractivity contribution in [2.45, 2.75) is 32.3 Å². The van der Waals surface area contributed by atoms with Crippen molar-refractivity contribution in [2.24, 2.45) is 5.92 Å². The van der Waals surface area contributed by atoms with Crippen LogP contribution in [0.5, 0.6) is 0 Å². The lowest BCUT2D eigenvalue weighted by molar-refractivity contribution is -0.126. The van der Waals surface area contributed by atoms with Gasteiger partial charge in [-0.2, -0.15) is 0 Å². The Balaban J connectivity index is 1.59. The third-order valence-electron chi connectivity index (χ3n) is 4.50. The van der Waals surface area contributed by atoms with Crippen molar-refractivity contribution in [3.63, 3.8) is 0 Å². The Morgan fingerprint density at radius 3 is 2.92 bits per heavy atom. The van der Waals surface area contributed by atoms with Crippen molar-refractivity contribution in [3.05, 3.63) is 24.3 Å². The molecular weight excluding hydrogens is 322 g/mol. The SMILES string of the molecule is CC(=O)Nc1cccc(N2CC(C(=O)NCC3CCCO3)CC2=O)c1. The molecule has 1 aromatic carbocycles. The summed E-state index contributed by atoms with van der Waals surface area (Å²) in [5, 5.41) is 5.60. The van der Waals surface area contributed by atoms with E-state index in [1.54, 1.807) is 29.2 Å². The van der Waals surface area contributed by atoms with Gasteiger partial charge in [-0.05, 0) is 31.0 Å². The van der Waals surface area contributed by atoms with Gasteiger partial charge in [0.2, 0.25) is 17.7 Å². The van der Waals surface area contributed by atoms with Crippen LogP contribution >= 0.6 is 0 Å². The van der Waals surface area contributed by atoms with Crippen LogP contribution in [0.25, 0.3) is 0 Å². The Hall–Kier alpha value is -2.41. The zero-order chi connectivity index (χ0) is 17.8. The van der Waals surface area contributed by atoms with E-state index >= 15 is 0 Å². The van der Waals surface area contributed by atoms with Gasteiger partial charge in [-0.1, -0.05) is 6.07 Å². The molecule has 2 saturated heterocycles. The first kappa shape index (κ1) is 17.4. The number of hydrogen-bond donors (Lipinski definition) is 2. The highest BCUT2D eigenvalue weighted by Crippen LogP contribution is 2.27. The predicted octanol–water partition coefficient (Wildman–Crippen LogP) is 1.29. The summed E-state index contributed by atoms with van der Waals surface area (Å²) in [7, 11) is 0. The highest BCUT2D eigenvalue weighted by Gasteiger charge is 2.35. The van der Waals surface area contributed by atoms with Gasteiger partial charge in [-0.15, -0.1) is 0 Å². The number of ether oxygens (including phenoxy) is 1. The minimum atomic E-state index is -0.363. The van der Waals surface area contributed by atoms with Crippen LogP contribution in [0.3, 0.4) is 0 Å². The van der Waals surface area contributed by atoms with E-state index in [9.17, 15) is 14.4 Å². The second kappa shape index (κ2) is 7.65. The first-order valence-corrected chi connectivity index (χ1v) is 8.60. The summed E-state index contributed by atoms with van der Waals surface area (Å²) < 4.78 is 5.50. The van der Waals surface area contributed by atoms with Gasteiger partial charge in [-0.3, -0.25) is 14.4 Å². The van der Waals surface area contributed by atoms with Crippen LogP contribution in [-0.4, -0.2) is 43.5 Å². The third-order valence-corrected chi connectivity index (χ3v) is 4.50. The predicted molar refractivity (Wildman–Crippen MR) is 93.2 cm³/mol. The number of rotatable bonds is 5. The number of carbonyl (C=O) groups excluding carboxylic acids is 3. The number of nitrogens with zero attached hydrogens (tertiary/aromatic N) is 1.